The highest BCUT2D eigenvalue weighted by Gasteiger charge is 2.45. The first-order chi connectivity index (χ1) is 14.9. The van der Waals surface area contributed by atoms with Gasteiger partial charge in [0.2, 0.25) is 0 Å². The maximum absolute atomic E-state index is 13.1. The number of carbonyl (C=O) groups excluding carboxylic acids is 1. The number of nitrogens with zero attached hydrogens (tertiary/aromatic N) is 5. The van der Waals surface area contributed by atoms with E-state index in [-0.39, 0.29) is 24.5 Å². The Morgan fingerprint density at radius 2 is 1.77 bits per heavy atom. The summed E-state index contributed by atoms with van der Waals surface area (Å²) in [6.45, 7) is 7.40. The smallest absolute Gasteiger partial charge is 0.290 e. The van der Waals surface area contributed by atoms with Gasteiger partial charge >= 0.3 is 0 Å². The fraction of sp³-hybridized carbons (Fsp3) is 0.636. The van der Waals surface area contributed by atoms with E-state index in [9.17, 15) is 9.90 Å². The molecule has 4 heterocycles. The molecule has 2 aromatic rings. The van der Waals surface area contributed by atoms with Gasteiger partial charge in [0.15, 0.2) is 11.3 Å². The fourth-order valence-corrected chi connectivity index (χ4v) is 5.59. The van der Waals surface area contributed by atoms with Crippen molar-refractivity contribution < 1.29 is 19.8 Å². The van der Waals surface area contributed by atoms with E-state index in [2.05, 4.69) is 15.0 Å². The number of fused-ring (bicyclic) bond motifs is 2. The summed E-state index contributed by atoms with van der Waals surface area (Å²) in [6.07, 6.45) is 4.02. The molecule has 1 amide bonds. The van der Waals surface area contributed by atoms with E-state index in [4.69, 9.17) is 9.90 Å². The highest BCUT2D eigenvalue weighted by Crippen LogP contribution is 2.39. The van der Waals surface area contributed by atoms with Crippen molar-refractivity contribution in [2.45, 2.75) is 51.7 Å². The zero-order valence-corrected chi connectivity index (χ0v) is 18.1. The number of carbonyl (C=O) groups is 2. The lowest BCUT2D eigenvalue weighted by molar-refractivity contribution is -0.122. The molecule has 31 heavy (non-hydrogen) atoms. The van der Waals surface area contributed by atoms with Crippen LogP contribution in [0.4, 0.5) is 0 Å². The minimum Gasteiger partial charge on any atom is -0.483 e. The molecule has 3 aliphatic rings. The van der Waals surface area contributed by atoms with Crippen molar-refractivity contribution >= 4 is 18.0 Å². The molecule has 2 N–H and O–H groups in total. The van der Waals surface area contributed by atoms with Crippen molar-refractivity contribution in [2.24, 2.45) is 11.8 Å². The summed E-state index contributed by atoms with van der Waals surface area (Å²) in [5.41, 5.74) is 3.10. The third-order valence-electron chi connectivity index (χ3n) is 6.96. The van der Waals surface area contributed by atoms with Crippen LogP contribution in [-0.4, -0.2) is 85.3 Å². The van der Waals surface area contributed by atoms with E-state index in [1.165, 1.54) is 12.8 Å². The number of aliphatic hydroxyl groups excluding tert-OH is 1. The number of rotatable bonds is 2. The second-order valence-electron chi connectivity index (χ2n) is 9.02. The van der Waals surface area contributed by atoms with Gasteiger partial charge in [0, 0.05) is 36.6 Å². The molecular formula is C22H31N5O4. The van der Waals surface area contributed by atoms with Gasteiger partial charge in [0.05, 0.1) is 6.10 Å². The van der Waals surface area contributed by atoms with E-state index < -0.39 is 0 Å². The maximum Gasteiger partial charge on any atom is 0.290 e. The second kappa shape index (κ2) is 8.92. The van der Waals surface area contributed by atoms with Crippen molar-refractivity contribution in [2.75, 3.05) is 26.2 Å². The Labute approximate surface area is 181 Å². The summed E-state index contributed by atoms with van der Waals surface area (Å²) < 4.78 is 1.75. The fourth-order valence-electron chi connectivity index (χ4n) is 5.59. The maximum atomic E-state index is 13.1. The van der Waals surface area contributed by atoms with Crippen molar-refractivity contribution in [3.05, 3.63) is 29.2 Å². The van der Waals surface area contributed by atoms with Gasteiger partial charge in [-0.05, 0) is 70.5 Å². The number of aryl methyl sites for hydroxylation is 2. The molecule has 1 saturated carbocycles. The number of carboxylic acid groups (broad SMARTS) is 1. The number of amides is 1. The molecule has 2 aromatic heterocycles. The van der Waals surface area contributed by atoms with Crippen molar-refractivity contribution in [3.63, 3.8) is 0 Å². The van der Waals surface area contributed by atoms with Crippen molar-refractivity contribution in [1.82, 2.24) is 24.4 Å². The zero-order valence-electron chi connectivity index (χ0n) is 18.1. The van der Waals surface area contributed by atoms with Crippen LogP contribution in [0.5, 0.6) is 0 Å². The molecule has 9 nitrogen and oxygen atoms in total. The minimum absolute atomic E-state index is 0.0100. The molecule has 2 saturated heterocycles. The first-order valence-corrected chi connectivity index (χ1v) is 11.0. The second-order valence-corrected chi connectivity index (χ2v) is 9.02. The molecule has 1 aliphatic carbocycles. The Hall–Kier alpha value is -2.52. The molecule has 0 radical (unpaired) electrons. The van der Waals surface area contributed by atoms with Gasteiger partial charge in [-0.2, -0.15) is 5.10 Å². The zero-order chi connectivity index (χ0) is 22.1. The van der Waals surface area contributed by atoms with Crippen LogP contribution in [0.1, 0.15) is 47.6 Å². The number of aromatic nitrogens is 3. The van der Waals surface area contributed by atoms with E-state index in [1.807, 2.05) is 24.8 Å². The van der Waals surface area contributed by atoms with Crippen LogP contribution in [0.15, 0.2) is 12.1 Å². The monoisotopic (exact) mass is 429 g/mol. The van der Waals surface area contributed by atoms with Crippen molar-refractivity contribution in [3.8, 4) is 0 Å². The van der Waals surface area contributed by atoms with Crippen LogP contribution in [-0.2, 0) is 4.79 Å². The molecule has 9 heteroatoms. The standard InChI is InChI=1S/C21H29N5O2.CH2O2/c1-13-7-14(2)26-20(22-13)10-17(23-26)21(28)25-11-15-8-18(24-5-3-4-6-24)19(27)9-16(15)12-25;2-1-3/h7,10,15-16,18-19,27H,3-6,8-9,11-12H2,1-2H3;1H,(H,2,3)/t15-,16+,18-,19-;/m1./s1. The molecule has 0 unspecified atom stereocenters. The normalized spacial score (nSPS) is 28.3. The highest BCUT2D eigenvalue weighted by atomic mass is 16.3. The van der Waals surface area contributed by atoms with Gasteiger partial charge < -0.3 is 15.1 Å². The number of hydrogen-bond acceptors (Lipinski definition) is 6. The number of hydrogen-bond donors (Lipinski definition) is 2. The number of likely N-dealkylation sites (tertiary alicyclic amines) is 2. The third-order valence-corrected chi connectivity index (χ3v) is 6.96. The van der Waals surface area contributed by atoms with Gasteiger partial charge in [0.25, 0.3) is 12.4 Å². The first kappa shape index (κ1) is 21.7. The van der Waals surface area contributed by atoms with E-state index in [0.717, 1.165) is 56.1 Å². The Balaban J connectivity index is 0.000000730. The summed E-state index contributed by atoms with van der Waals surface area (Å²) in [5.74, 6) is 0.873. The molecule has 0 aromatic carbocycles. The molecule has 0 bridgehead atoms. The van der Waals surface area contributed by atoms with Gasteiger partial charge in [-0.3, -0.25) is 14.5 Å². The SMILES string of the molecule is Cc1cc(C)n2nc(C(=O)N3C[C@H]4C[C@@H](N5CCCC5)[C@H](O)C[C@H]4C3)cc2n1.O=CO. The lowest BCUT2D eigenvalue weighted by atomic mass is 9.77. The first-order valence-electron chi connectivity index (χ1n) is 11.0. The van der Waals surface area contributed by atoms with Crippen LogP contribution in [0.3, 0.4) is 0 Å². The van der Waals surface area contributed by atoms with Crippen LogP contribution in [0.25, 0.3) is 5.65 Å². The minimum atomic E-state index is -0.264. The average Bonchev–Trinajstić information content (AvgIpc) is 3.46. The molecule has 4 atom stereocenters. The lowest BCUT2D eigenvalue weighted by Gasteiger charge is -2.40. The quantitative estimate of drug-likeness (QED) is 0.693. The predicted molar refractivity (Wildman–Crippen MR) is 114 cm³/mol. The molecule has 0 spiro atoms. The molecule has 3 fully saturated rings. The van der Waals surface area contributed by atoms with Gasteiger partial charge in [-0.15, -0.1) is 0 Å². The Morgan fingerprint density at radius 1 is 1.13 bits per heavy atom. The largest absolute Gasteiger partial charge is 0.483 e. The Morgan fingerprint density at radius 3 is 2.45 bits per heavy atom. The lowest BCUT2D eigenvalue weighted by Crippen LogP contribution is -2.48. The van der Waals surface area contributed by atoms with Crippen molar-refractivity contribution in [1.29, 1.82) is 0 Å². The predicted octanol–water partition coefficient (Wildman–Crippen LogP) is 1.35. The summed E-state index contributed by atoms with van der Waals surface area (Å²) >= 11 is 0. The average molecular weight is 430 g/mol. The van der Waals surface area contributed by atoms with E-state index in [0.29, 0.717) is 17.5 Å². The molecule has 168 valence electrons. The summed E-state index contributed by atoms with van der Waals surface area (Å²) in [4.78, 5) is 30.4. The van der Waals surface area contributed by atoms with E-state index >= 15 is 0 Å². The summed E-state index contributed by atoms with van der Waals surface area (Å²) in [5, 5.41) is 22.1. The third kappa shape index (κ3) is 4.29. The van der Waals surface area contributed by atoms with E-state index in [1.54, 1.807) is 10.6 Å². The summed E-state index contributed by atoms with van der Waals surface area (Å²) in [7, 11) is 0. The van der Waals surface area contributed by atoms with Gasteiger partial charge in [-0.25, -0.2) is 9.50 Å². The van der Waals surface area contributed by atoms with Gasteiger partial charge in [-0.1, -0.05) is 0 Å². The number of aliphatic hydroxyl groups is 1. The van der Waals surface area contributed by atoms with Gasteiger partial charge in [0.1, 0.15) is 0 Å². The topological polar surface area (TPSA) is 111 Å². The summed E-state index contributed by atoms with van der Waals surface area (Å²) in [6, 6.07) is 4.04. The Kier molecular flexibility index (Phi) is 6.24. The highest BCUT2D eigenvalue weighted by molar-refractivity contribution is 5.93. The van der Waals surface area contributed by atoms with Crippen LogP contribution < -0.4 is 0 Å². The van der Waals surface area contributed by atoms with Crippen LogP contribution >= 0.6 is 0 Å². The molecule has 5 rings (SSSR count). The van der Waals surface area contributed by atoms with Crippen LogP contribution in [0.2, 0.25) is 0 Å². The van der Waals surface area contributed by atoms with Crippen LogP contribution in [0, 0.1) is 25.7 Å². The Bertz CT molecular complexity index is 955. The molecule has 2 aliphatic heterocycles. The molecular weight excluding hydrogens is 398 g/mol.